The molecule has 0 aromatic heterocycles. The summed E-state index contributed by atoms with van der Waals surface area (Å²) in [7, 11) is 4.15. The lowest BCUT2D eigenvalue weighted by Crippen LogP contribution is -2.32. The number of nitrogens with zero attached hydrogens (tertiary/aromatic N) is 1. The van der Waals surface area contributed by atoms with Gasteiger partial charge >= 0.3 is 0 Å². The van der Waals surface area contributed by atoms with E-state index in [-0.39, 0.29) is 6.10 Å². The molecule has 0 amide bonds. The quantitative estimate of drug-likeness (QED) is 0.873. The van der Waals surface area contributed by atoms with E-state index in [1.807, 2.05) is 12.1 Å². The lowest BCUT2D eigenvalue weighted by molar-refractivity contribution is -0.00480. The van der Waals surface area contributed by atoms with Gasteiger partial charge in [0.05, 0.1) is 12.7 Å². The van der Waals surface area contributed by atoms with Crippen LogP contribution in [0.1, 0.15) is 24.5 Å². The summed E-state index contributed by atoms with van der Waals surface area (Å²) in [6, 6.07) is 8.12. The van der Waals surface area contributed by atoms with Gasteiger partial charge in [-0.05, 0) is 63.6 Å². The lowest BCUT2D eigenvalue weighted by Gasteiger charge is -2.31. The summed E-state index contributed by atoms with van der Waals surface area (Å²) in [5, 5.41) is 4.20. The Morgan fingerprint density at radius 3 is 2.50 bits per heavy atom. The predicted octanol–water partition coefficient (Wildman–Crippen LogP) is 2.96. The van der Waals surface area contributed by atoms with Gasteiger partial charge in [-0.1, -0.05) is 23.7 Å². The monoisotopic (exact) mass is 296 g/mol. The number of hydrogen-bond donors (Lipinski definition) is 1. The van der Waals surface area contributed by atoms with E-state index in [0.717, 1.165) is 31.3 Å². The Hall–Kier alpha value is -0.610. The Kier molecular flexibility index (Phi) is 6.30. The van der Waals surface area contributed by atoms with Crippen LogP contribution in [0.15, 0.2) is 24.3 Å². The van der Waals surface area contributed by atoms with Gasteiger partial charge in [-0.25, -0.2) is 0 Å². The van der Waals surface area contributed by atoms with Crippen LogP contribution in [0.2, 0.25) is 5.02 Å². The van der Waals surface area contributed by atoms with Crippen molar-refractivity contribution < 1.29 is 4.74 Å². The van der Waals surface area contributed by atoms with Crippen LogP contribution < -0.4 is 5.32 Å². The molecule has 1 aliphatic rings. The Bertz CT molecular complexity index is 388. The van der Waals surface area contributed by atoms with E-state index in [1.165, 1.54) is 18.4 Å². The standard InChI is InChI=1S/C16H25ClN2O/c1-19(2)11-12-20-16(14-7-9-18-10-8-14)13-3-5-15(17)6-4-13/h3-6,14,16,18H,7-12H2,1-2H3/t16-/m0/s1. The maximum atomic E-state index is 6.21. The molecule has 0 radical (unpaired) electrons. The fourth-order valence-electron chi connectivity index (χ4n) is 2.67. The number of hydrogen-bond acceptors (Lipinski definition) is 3. The highest BCUT2D eigenvalue weighted by Crippen LogP contribution is 2.32. The van der Waals surface area contributed by atoms with Gasteiger partial charge in [-0.2, -0.15) is 0 Å². The Morgan fingerprint density at radius 1 is 1.25 bits per heavy atom. The topological polar surface area (TPSA) is 24.5 Å². The summed E-state index contributed by atoms with van der Waals surface area (Å²) in [6.45, 7) is 3.90. The molecule has 0 spiro atoms. The van der Waals surface area contributed by atoms with E-state index in [2.05, 4.69) is 36.4 Å². The van der Waals surface area contributed by atoms with Crippen molar-refractivity contribution in [2.24, 2.45) is 5.92 Å². The normalized spacial score (nSPS) is 18.4. The van der Waals surface area contributed by atoms with Gasteiger partial charge in [0, 0.05) is 11.6 Å². The summed E-state index contributed by atoms with van der Waals surface area (Å²) in [6.07, 6.45) is 2.54. The molecule has 1 atom stereocenters. The molecule has 4 heteroatoms. The van der Waals surface area contributed by atoms with Gasteiger partial charge in [0.2, 0.25) is 0 Å². The number of likely N-dealkylation sites (N-methyl/N-ethyl adjacent to an activating group) is 1. The number of nitrogens with one attached hydrogen (secondary N) is 1. The molecule has 1 aliphatic heterocycles. The first-order valence-electron chi connectivity index (χ1n) is 7.39. The lowest BCUT2D eigenvalue weighted by atomic mass is 9.88. The summed E-state index contributed by atoms with van der Waals surface area (Å²) < 4.78 is 6.21. The number of piperidine rings is 1. The average Bonchev–Trinajstić information content (AvgIpc) is 2.46. The van der Waals surface area contributed by atoms with Gasteiger partial charge in [-0.3, -0.25) is 0 Å². The van der Waals surface area contributed by atoms with Crippen LogP contribution in [0, 0.1) is 5.92 Å². The summed E-state index contributed by atoms with van der Waals surface area (Å²) in [4.78, 5) is 2.15. The largest absolute Gasteiger partial charge is 0.372 e. The Labute approximate surface area is 127 Å². The molecule has 112 valence electrons. The first-order chi connectivity index (χ1) is 9.66. The van der Waals surface area contributed by atoms with Crippen molar-refractivity contribution in [2.75, 3.05) is 40.3 Å². The second-order valence-corrected chi connectivity index (χ2v) is 6.17. The molecule has 0 saturated carbocycles. The summed E-state index contributed by atoms with van der Waals surface area (Å²) in [5.74, 6) is 0.597. The summed E-state index contributed by atoms with van der Waals surface area (Å²) in [5.41, 5.74) is 1.25. The molecule has 3 nitrogen and oxygen atoms in total. The van der Waals surface area contributed by atoms with Gasteiger partial charge in [0.15, 0.2) is 0 Å². The summed E-state index contributed by atoms with van der Waals surface area (Å²) >= 11 is 5.99. The second-order valence-electron chi connectivity index (χ2n) is 5.73. The fraction of sp³-hybridized carbons (Fsp3) is 0.625. The van der Waals surface area contributed by atoms with Crippen LogP contribution >= 0.6 is 11.6 Å². The van der Waals surface area contributed by atoms with Gasteiger partial charge in [0.1, 0.15) is 0 Å². The molecule has 0 aliphatic carbocycles. The van der Waals surface area contributed by atoms with Crippen molar-refractivity contribution in [1.82, 2.24) is 10.2 Å². The highest BCUT2D eigenvalue weighted by atomic mass is 35.5. The smallest absolute Gasteiger partial charge is 0.0854 e. The van der Waals surface area contributed by atoms with Crippen LogP contribution in [0.3, 0.4) is 0 Å². The van der Waals surface area contributed by atoms with Gasteiger partial charge in [0.25, 0.3) is 0 Å². The molecule has 20 heavy (non-hydrogen) atoms. The molecular formula is C16H25ClN2O. The molecule has 0 unspecified atom stereocenters. The third kappa shape index (κ3) is 4.74. The Morgan fingerprint density at radius 2 is 1.90 bits per heavy atom. The first kappa shape index (κ1) is 15.8. The number of benzene rings is 1. The van der Waals surface area contributed by atoms with E-state index in [1.54, 1.807) is 0 Å². The Balaban J connectivity index is 2.04. The molecule has 0 bridgehead atoms. The van der Waals surface area contributed by atoms with E-state index in [9.17, 15) is 0 Å². The van der Waals surface area contributed by atoms with E-state index in [4.69, 9.17) is 16.3 Å². The van der Waals surface area contributed by atoms with Crippen LogP contribution in [0.5, 0.6) is 0 Å². The molecule has 1 heterocycles. The molecule has 2 rings (SSSR count). The third-order valence-electron chi connectivity index (χ3n) is 3.85. The SMILES string of the molecule is CN(C)CCO[C@@H](c1ccc(Cl)cc1)C1CCNCC1. The van der Waals surface area contributed by atoms with Gasteiger partial charge < -0.3 is 15.0 Å². The van der Waals surface area contributed by atoms with Crippen molar-refractivity contribution in [3.63, 3.8) is 0 Å². The minimum atomic E-state index is 0.189. The fourth-order valence-corrected chi connectivity index (χ4v) is 2.79. The minimum Gasteiger partial charge on any atom is -0.372 e. The minimum absolute atomic E-state index is 0.189. The molecule has 1 fully saturated rings. The maximum absolute atomic E-state index is 6.21. The first-order valence-corrected chi connectivity index (χ1v) is 7.77. The third-order valence-corrected chi connectivity index (χ3v) is 4.10. The predicted molar refractivity (Wildman–Crippen MR) is 84.3 cm³/mol. The number of ether oxygens (including phenoxy) is 1. The van der Waals surface area contributed by atoms with Crippen molar-refractivity contribution in [2.45, 2.75) is 18.9 Å². The van der Waals surface area contributed by atoms with Crippen LogP contribution in [0.25, 0.3) is 0 Å². The molecule has 1 aromatic rings. The van der Waals surface area contributed by atoms with E-state index >= 15 is 0 Å². The highest BCUT2D eigenvalue weighted by molar-refractivity contribution is 6.30. The zero-order valence-electron chi connectivity index (χ0n) is 12.4. The number of halogens is 1. The molecule has 1 N–H and O–H groups in total. The average molecular weight is 297 g/mol. The van der Waals surface area contributed by atoms with Crippen LogP contribution in [0.4, 0.5) is 0 Å². The van der Waals surface area contributed by atoms with Crippen LogP contribution in [-0.4, -0.2) is 45.2 Å². The van der Waals surface area contributed by atoms with Crippen molar-refractivity contribution in [3.8, 4) is 0 Å². The van der Waals surface area contributed by atoms with E-state index < -0.39 is 0 Å². The maximum Gasteiger partial charge on any atom is 0.0854 e. The van der Waals surface area contributed by atoms with Crippen molar-refractivity contribution in [3.05, 3.63) is 34.9 Å². The molecule has 1 aromatic carbocycles. The highest BCUT2D eigenvalue weighted by Gasteiger charge is 2.25. The molecular weight excluding hydrogens is 272 g/mol. The van der Waals surface area contributed by atoms with Crippen molar-refractivity contribution in [1.29, 1.82) is 0 Å². The zero-order valence-corrected chi connectivity index (χ0v) is 13.2. The van der Waals surface area contributed by atoms with E-state index in [0.29, 0.717) is 5.92 Å². The van der Waals surface area contributed by atoms with Gasteiger partial charge in [-0.15, -0.1) is 0 Å². The second kappa shape index (κ2) is 7.99. The molecule has 1 saturated heterocycles. The van der Waals surface area contributed by atoms with Crippen molar-refractivity contribution >= 4 is 11.6 Å². The van der Waals surface area contributed by atoms with Crippen LogP contribution in [-0.2, 0) is 4.74 Å². The zero-order chi connectivity index (χ0) is 14.4. The number of rotatable bonds is 6.